The van der Waals surface area contributed by atoms with Crippen molar-refractivity contribution in [2.45, 2.75) is 68.2 Å². The van der Waals surface area contributed by atoms with Gasteiger partial charge in [-0.05, 0) is 12.3 Å². The van der Waals surface area contributed by atoms with Gasteiger partial charge in [0.2, 0.25) is 0 Å². The molecule has 0 nitrogen and oxygen atoms in total. The van der Waals surface area contributed by atoms with Crippen molar-refractivity contribution in [3.05, 3.63) is 12.7 Å². The minimum Gasteiger partial charge on any atom is -0.124 e. The van der Waals surface area contributed by atoms with E-state index >= 15 is 0 Å². The molecule has 0 aliphatic heterocycles. The second kappa shape index (κ2) is 71.6. The van der Waals surface area contributed by atoms with Gasteiger partial charge >= 0.3 is 0 Å². The lowest BCUT2D eigenvalue weighted by Gasteiger charge is -1.90. The van der Waals surface area contributed by atoms with E-state index in [9.17, 15) is 0 Å². The van der Waals surface area contributed by atoms with Gasteiger partial charge in [-0.15, -0.1) is 19.4 Å². The van der Waals surface area contributed by atoms with Gasteiger partial charge in [0.25, 0.3) is 0 Å². The third-order valence-corrected chi connectivity index (χ3v) is 1.11. The SMILES string of the molecule is C#C.C=CCC.CC.CC.CCC(C)C. The Hall–Kier alpha value is -0.700. The number of rotatable bonds is 2. The Balaban J connectivity index is -0.0000000301. The van der Waals surface area contributed by atoms with Crippen LogP contribution in [0.5, 0.6) is 0 Å². The molecule has 0 N–H and O–H groups in total. The molecule has 0 saturated carbocycles. The van der Waals surface area contributed by atoms with Gasteiger partial charge < -0.3 is 0 Å². The molecule has 0 aromatic rings. The number of allylic oxidation sites excluding steroid dienone is 1. The van der Waals surface area contributed by atoms with E-state index in [1.165, 1.54) is 6.42 Å². The topological polar surface area (TPSA) is 0 Å². The predicted octanol–water partition coefficient (Wildman–Crippen LogP) is 5.94. The van der Waals surface area contributed by atoms with Crippen molar-refractivity contribution in [2.24, 2.45) is 5.92 Å². The molecule has 0 saturated heterocycles. The Morgan fingerprint density at radius 1 is 1.00 bits per heavy atom. The van der Waals surface area contributed by atoms with Gasteiger partial charge in [0.1, 0.15) is 0 Å². The third kappa shape index (κ3) is 321. The van der Waals surface area contributed by atoms with Gasteiger partial charge in [0, 0.05) is 0 Å². The summed E-state index contributed by atoms with van der Waals surface area (Å²) in [5.74, 6) is 0.884. The van der Waals surface area contributed by atoms with E-state index in [0.717, 1.165) is 12.3 Å². The van der Waals surface area contributed by atoms with E-state index in [4.69, 9.17) is 0 Å². The van der Waals surface area contributed by atoms with Crippen LogP contribution < -0.4 is 0 Å². The Morgan fingerprint density at radius 2 is 1.13 bits per heavy atom. The lowest BCUT2D eigenvalue weighted by molar-refractivity contribution is 0.626. The summed E-state index contributed by atoms with van der Waals surface area (Å²) in [5.41, 5.74) is 0. The summed E-state index contributed by atoms with van der Waals surface area (Å²) in [6.45, 7) is 20.2. The second-order valence-electron chi connectivity index (χ2n) is 2.50. The molecule has 0 unspecified atom stereocenters. The molecule has 0 spiro atoms. The van der Waals surface area contributed by atoms with Crippen LogP contribution in [0.3, 0.4) is 0 Å². The van der Waals surface area contributed by atoms with Crippen LogP contribution in [-0.2, 0) is 0 Å². The maximum Gasteiger partial charge on any atom is -0.0382 e. The Morgan fingerprint density at radius 3 is 1.13 bits per heavy atom. The molecule has 0 heterocycles. The molecule has 0 aromatic heterocycles. The first-order chi connectivity index (χ1) is 7.18. The quantitative estimate of drug-likeness (QED) is 0.394. The smallest absolute Gasteiger partial charge is 0.0382 e. The molecule has 0 rings (SSSR count). The molecule has 94 valence electrons. The molecule has 0 amide bonds. The van der Waals surface area contributed by atoms with Crippen LogP contribution in [0.2, 0.25) is 0 Å². The molecule has 0 aliphatic carbocycles. The van der Waals surface area contributed by atoms with Crippen molar-refractivity contribution in [1.29, 1.82) is 0 Å². The van der Waals surface area contributed by atoms with E-state index in [2.05, 4.69) is 47.1 Å². The molecule has 0 heteroatoms. The molecule has 0 radical (unpaired) electrons. The van der Waals surface area contributed by atoms with Crippen LogP contribution in [0, 0.1) is 18.8 Å². The van der Waals surface area contributed by atoms with Crippen molar-refractivity contribution < 1.29 is 0 Å². The summed E-state index contributed by atoms with van der Waals surface area (Å²) in [6, 6.07) is 0. The van der Waals surface area contributed by atoms with Crippen LogP contribution in [0.4, 0.5) is 0 Å². The maximum atomic E-state index is 4.00. The summed E-state index contributed by atoms with van der Waals surface area (Å²) in [6.07, 6.45) is 12.3. The van der Waals surface area contributed by atoms with E-state index in [-0.39, 0.29) is 0 Å². The molecular formula is C15H34. The van der Waals surface area contributed by atoms with Gasteiger partial charge in [0.05, 0.1) is 0 Å². The zero-order valence-corrected chi connectivity index (χ0v) is 12.4. The Kier molecular flexibility index (Phi) is 140. The average Bonchev–Trinajstić information content (AvgIpc) is 2.36. The highest BCUT2D eigenvalue weighted by atomic mass is 13.9. The average molecular weight is 214 g/mol. The fourth-order valence-electron chi connectivity index (χ4n) is 0. The number of hydrogen-bond donors (Lipinski definition) is 0. The first-order valence-corrected chi connectivity index (χ1v) is 6.13. The van der Waals surface area contributed by atoms with E-state index in [0.29, 0.717) is 0 Å². The van der Waals surface area contributed by atoms with Crippen LogP contribution >= 0.6 is 0 Å². The summed E-state index contributed by atoms with van der Waals surface area (Å²) < 4.78 is 0. The van der Waals surface area contributed by atoms with Crippen molar-refractivity contribution >= 4 is 0 Å². The van der Waals surface area contributed by atoms with Crippen molar-refractivity contribution in [3.8, 4) is 12.8 Å². The lowest BCUT2D eigenvalue weighted by atomic mass is 10.2. The van der Waals surface area contributed by atoms with Crippen LogP contribution in [0.15, 0.2) is 12.7 Å². The predicted molar refractivity (Wildman–Crippen MR) is 78.2 cm³/mol. The summed E-state index contributed by atoms with van der Waals surface area (Å²) in [7, 11) is 0. The van der Waals surface area contributed by atoms with Crippen molar-refractivity contribution in [2.75, 3.05) is 0 Å². The number of terminal acetylenes is 1. The first-order valence-electron chi connectivity index (χ1n) is 6.13. The molecule has 0 bridgehead atoms. The minimum absolute atomic E-state index is 0.884. The molecule has 0 fully saturated rings. The molecule has 0 aromatic carbocycles. The minimum atomic E-state index is 0.884. The van der Waals surface area contributed by atoms with E-state index < -0.39 is 0 Å². The zero-order chi connectivity index (χ0) is 13.7. The van der Waals surface area contributed by atoms with Gasteiger partial charge in [-0.1, -0.05) is 67.9 Å². The zero-order valence-electron chi connectivity index (χ0n) is 12.4. The first kappa shape index (κ1) is 29.2. The van der Waals surface area contributed by atoms with Crippen molar-refractivity contribution in [3.63, 3.8) is 0 Å². The summed E-state index contributed by atoms with van der Waals surface area (Å²) >= 11 is 0. The van der Waals surface area contributed by atoms with E-state index in [1.54, 1.807) is 0 Å². The largest absolute Gasteiger partial charge is 0.124 e. The highest BCUT2D eigenvalue weighted by Crippen LogP contribution is 1.93. The monoisotopic (exact) mass is 214 g/mol. The highest BCUT2D eigenvalue weighted by molar-refractivity contribution is 4.60. The van der Waals surface area contributed by atoms with Crippen LogP contribution in [-0.4, -0.2) is 0 Å². The highest BCUT2D eigenvalue weighted by Gasteiger charge is 1.80. The Bertz CT molecular complexity index is 67.4. The van der Waals surface area contributed by atoms with Gasteiger partial charge in [0.15, 0.2) is 0 Å². The number of hydrogen-bond acceptors (Lipinski definition) is 0. The maximum absolute atomic E-state index is 4.00. The fraction of sp³-hybridized carbons (Fsp3) is 0.733. The van der Waals surface area contributed by atoms with Crippen molar-refractivity contribution in [1.82, 2.24) is 0 Å². The standard InChI is InChI=1S/C5H12.C4H8.2C2H6.C2H2/c1-4-5(2)3;1-3-4-2;3*1-2/h5H,4H2,1-3H3;3H,1,4H2,2H3;2*1-2H3;1-2H. The summed E-state index contributed by atoms with van der Waals surface area (Å²) in [4.78, 5) is 0. The second-order valence-corrected chi connectivity index (χ2v) is 2.50. The molecular weight excluding hydrogens is 180 g/mol. The molecule has 0 atom stereocenters. The summed E-state index contributed by atoms with van der Waals surface area (Å²) in [5, 5.41) is 0. The van der Waals surface area contributed by atoms with Crippen LogP contribution in [0.1, 0.15) is 68.2 Å². The van der Waals surface area contributed by atoms with Gasteiger partial charge in [-0.2, -0.15) is 0 Å². The van der Waals surface area contributed by atoms with Gasteiger partial charge in [-0.3, -0.25) is 0 Å². The third-order valence-electron chi connectivity index (χ3n) is 1.11. The molecule has 15 heavy (non-hydrogen) atoms. The van der Waals surface area contributed by atoms with Crippen LogP contribution in [0.25, 0.3) is 0 Å². The van der Waals surface area contributed by atoms with E-state index in [1.807, 2.05) is 33.8 Å². The van der Waals surface area contributed by atoms with Gasteiger partial charge in [-0.25, -0.2) is 0 Å². The Labute approximate surface area is 100 Å². The fourth-order valence-corrected chi connectivity index (χ4v) is 0. The molecule has 0 aliphatic rings. The normalized spacial score (nSPS) is 5.80. The lowest BCUT2D eigenvalue weighted by Crippen LogP contribution is -1.77.